The van der Waals surface area contributed by atoms with Crippen molar-refractivity contribution < 1.29 is 0 Å². The minimum absolute atomic E-state index is 0.105. The van der Waals surface area contributed by atoms with Crippen molar-refractivity contribution in [1.82, 2.24) is 29.7 Å². The number of pyridine rings is 1. The van der Waals surface area contributed by atoms with Crippen LogP contribution in [0.5, 0.6) is 0 Å². The standard InChI is InChI=1S/C24H21N7/c1-17(18-7-9-20(10-8-18)31-16-26-15-27-31)30(2)24-21-5-3-4-6-22(21)28-23(29-24)19-11-13-25-14-12-19/h3-17H,1-2H3. The number of nitrogens with zero attached hydrogens (tertiary/aromatic N) is 7. The van der Waals surface area contributed by atoms with Crippen molar-refractivity contribution in [2.45, 2.75) is 13.0 Å². The van der Waals surface area contributed by atoms with Crippen molar-refractivity contribution in [3.63, 3.8) is 0 Å². The van der Waals surface area contributed by atoms with Crippen LogP contribution in [-0.2, 0) is 0 Å². The molecule has 5 aromatic rings. The van der Waals surface area contributed by atoms with E-state index in [0.29, 0.717) is 5.82 Å². The Morgan fingerprint density at radius 3 is 2.39 bits per heavy atom. The van der Waals surface area contributed by atoms with E-state index in [-0.39, 0.29) is 6.04 Å². The van der Waals surface area contributed by atoms with Gasteiger partial charge < -0.3 is 4.90 Å². The summed E-state index contributed by atoms with van der Waals surface area (Å²) >= 11 is 0. The first-order valence-electron chi connectivity index (χ1n) is 10.1. The Labute approximate surface area is 180 Å². The lowest BCUT2D eigenvalue weighted by Gasteiger charge is -2.28. The number of para-hydroxylation sites is 1. The highest BCUT2D eigenvalue weighted by Gasteiger charge is 2.18. The van der Waals surface area contributed by atoms with Crippen LogP contribution in [0, 0.1) is 0 Å². The second-order valence-electron chi connectivity index (χ2n) is 7.34. The van der Waals surface area contributed by atoms with Gasteiger partial charge in [-0.2, -0.15) is 5.10 Å². The summed E-state index contributed by atoms with van der Waals surface area (Å²) < 4.78 is 1.75. The lowest BCUT2D eigenvalue weighted by Crippen LogP contribution is -2.23. The summed E-state index contributed by atoms with van der Waals surface area (Å²) in [5.41, 5.74) is 4.02. The maximum absolute atomic E-state index is 4.94. The Morgan fingerprint density at radius 1 is 0.871 bits per heavy atom. The highest BCUT2D eigenvalue weighted by molar-refractivity contribution is 5.91. The SMILES string of the molecule is CC(c1ccc(-n2cncn2)cc1)N(C)c1nc(-c2ccncc2)nc2ccccc12. The molecule has 3 heterocycles. The van der Waals surface area contributed by atoms with E-state index in [9.17, 15) is 0 Å². The van der Waals surface area contributed by atoms with Crippen LogP contribution < -0.4 is 4.90 Å². The Balaban J connectivity index is 1.53. The largest absolute Gasteiger partial charge is 0.352 e. The van der Waals surface area contributed by atoms with E-state index in [4.69, 9.17) is 9.97 Å². The monoisotopic (exact) mass is 407 g/mol. The van der Waals surface area contributed by atoms with Crippen LogP contribution in [0.3, 0.4) is 0 Å². The molecule has 0 saturated heterocycles. The van der Waals surface area contributed by atoms with Gasteiger partial charge in [-0.25, -0.2) is 19.6 Å². The quantitative estimate of drug-likeness (QED) is 0.428. The van der Waals surface area contributed by atoms with Gasteiger partial charge >= 0.3 is 0 Å². The Morgan fingerprint density at radius 2 is 1.65 bits per heavy atom. The number of benzene rings is 2. The first-order chi connectivity index (χ1) is 15.2. The molecule has 1 atom stereocenters. The molecule has 0 bridgehead atoms. The van der Waals surface area contributed by atoms with Crippen molar-refractivity contribution in [1.29, 1.82) is 0 Å². The maximum atomic E-state index is 4.94. The van der Waals surface area contributed by atoms with Gasteiger partial charge in [-0.3, -0.25) is 4.98 Å². The topological polar surface area (TPSA) is 72.6 Å². The van der Waals surface area contributed by atoms with E-state index in [2.05, 4.69) is 64.3 Å². The second kappa shape index (κ2) is 7.95. The highest BCUT2D eigenvalue weighted by atomic mass is 15.3. The predicted molar refractivity (Wildman–Crippen MR) is 121 cm³/mol. The maximum Gasteiger partial charge on any atom is 0.162 e. The van der Waals surface area contributed by atoms with E-state index < -0.39 is 0 Å². The van der Waals surface area contributed by atoms with Crippen LogP contribution in [0.4, 0.5) is 5.82 Å². The van der Waals surface area contributed by atoms with Crippen molar-refractivity contribution in [3.05, 3.63) is 91.3 Å². The first kappa shape index (κ1) is 18.9. The van der Waals surface area contributed by atoms with Crippen molar-refractivity contribution in [3.8, 4) is 17.1 Å². The molecule has 0 fully saturated rings. The number of fused-ring (bicyclic) bond motifs is 1. The first-order valence-corrected chi connectivity index (χ1v) is 10.1. The number of rotatable bonds is 5. The van der Waals surface area contributed by atoms with Gasteiger partial charge in [0.1, 0.15) is 18.5 Å². The van der Waals surface area contributed by atoms with Gasteiger partial charge in [-0.05, 0) is 48.9 Å². The van der Waals surface area contributed by atoms with Crippen LogP contribution in [0.15, 0.2) is 85.7 Å². The average Bonchev–Trinajstić information content (AvgIpc) is 3.38. The van der Waals surface area contributed by atoms with E-state index >= 15 is 0 Å². The van der Waals surface area contributed by atoms with E-state index in [0.717, 1.165) is 28.0 Å². The summed E-state index contributed by atoms with van der Waals surface area (Å²) in [5, 5.41) is 5.21. The van der Waals surface area contributed by atoms with Gasteiger partial charge in [0.25, 0.3) is 0 Å². The van der Waals surface area contributed by atoms with Gasteiger partial charge in [0.05, 0.1) is 17.2 Å². The predicted octanol–water partition coefficient (Wildman–Crippen LogP) is 4.47. The molecule has 31 heavy (non-hydrogen) atoms. The van der Waals surface area contributed by atoms with Crippen molar-refractivity contribution in [2.75, 3.05) is 11.9 Å². The zero-order valence-corrected chi connectivity index (χ0v) is 17.3. The molecule has 5 rings (SSSR count). The second-order valence-corrected chi connectivity index (χ2v) is 7.34. The summed E-state index contributed by atoms with van der Waals surface area (Å²) in [4.78, 5) is 20.0. The molecule has 1 unspecified atom stereocenters. The molecule has 2 aromatic carbocycles. The fourth-order valence-corrected chi connectivity index (χ4v) is 3.61. The molecule has 0 N–H and O–H groups in total. The molecule has 0 radical (unpaired) electrons. The Bertz CT molecular complexity index is 1300. The van der Waals surface area contributed by atoms with Crippen LogP contribution in [0.1, 0.15) is 18.5 Å². The zero-order chi connectivity index (χ0) is 21.2. The fourth-order valence-electron chi connectivity index (χ4n) is 3.61. The van der Waals surface area contributed by atoms with E-state index in [1.54, 1.807) is 23.4 Å². The number of hydrogen-bond donors (Lipinski definition) is 0. The molecule has 0 aliphatic rings. The molecule has 7 nitrogen and oxygen atoms in total. The Kier molecular flexibility index (Phi) is 4.84. The van der Waals surface area contributed by atoms with E-state index in [1.807, 2.05) is 30.3 Å². The normalized spacial score (nSPS) is 12.1. The van der Waals surface area contributed by atoms with Crippen LogP contribution in [-0.4, -0.2) is 36.8 Å². The molecule has 0 saturated carbocycles. The lowest BCUT2D eigenvalue weighted by atomic mass is 10.1. The van der Waals surface area contributed by atoms with Crippen LogP contribution in [0.25, 0.3) is 28.0 Å². The fraction of sp³-hybridized carbons (Fsp3) is 0.125. The van der Waals surface area contributed by atoms with Gasteiger partial charge in [0, 0.05) is 30.4 Å². The minimum atomic E-state index is 0.105. The summed E-state index contributed by atoms with van der Waals surface area (Å²) in [6, 6.07) is 20.4. The van der Waals surface area contributed by atoms with Crippen molar-refractivity contribution in [2.24, 2.45) is 0 Å². The molecule has 0 aliphatic carbocycles. The zero-order valence-electron chi connectivity index (χ0n) is 17.3. The summed E-state index contributed by atoms with van der Waals surface area (Å²) in [6.07, 6.45) is 6.75. The highest BCUT2D eigenvalue weighted by Crippen LogP contribution is 2.31. The number of aromatic nitrogens is 6. The number of hydrogen-bond acceptors (Lipinski definition) is 6. The molecule has 3 aromatic heterocycles. The van der Waals surface area contributed by atoms with Crippen LogP contribution in [0.2, 0.25) is 0 Å². The summed E-state index contributed by atoms with van der Waals surface area (Å²) in [7, 11) is 2.07. The van der Waals surface area contributed by atoms with Crippen molar-refractivity contribution >= 4 is 16.7 Å². The number of anilines is 1. The molecule has 0 aliphatic heterocycles. The third-order valence-electron chi connectivity index (χ3n) is 5.50. The lowest BCUT2D eigenvalue weighted by molar-refractivity contribution is 0.730. The molecule has 0 amide bonds. The van der Waals surface area contributed by atoms with Gasteiger partial charge in [0.15, 0.2) is 5.82 Å². The Hall–Kier alpha value is -4.13. The average molecular weight is 407 g/mol. The third-order valence-corrected chi connectivity index (χ3v) is 5.50. The summed E-state index contributed by atoms with van der Waals surface area (Å²) in [6.45, 7) is 2.17. The van der Waals surface area contributed by atoms with Crippen LogP contribution >= 0.6 is 0 Å². The third kappa shape index (κ3) is 3.61. The minimum Gasteiger partial charge on any atom is -0.352 e. The van der Waals surface area contributed by atoms with Gasteiger partial charge in [0.2, 0.25) is 0 Å². The molecule has 152 valence electrons. The van der Waals surface area contributed by atoms with E-state index in [1.165, 1.54) is 11.9 Å². The molecule has 7 heteroatoms. The summed E-state index contributed by atoms with van der Waals surface area (Å²) in [5.74, 6) is 1.59. The smallest absolute Gasteiger partial charge is 0.162 e. The van der Waals surface area contributed by atoms with Gasteiger partial charge in [-0.15, -0.1) is 0 Å². The molecular weight excluding hydrogens is 386 g/mol. The van der Waals surface area contributed by atoms with Gasteiger partial charge in [-0.1, -0.05) is 24.3 Å². The molecule has 0 spiro atoms. The molecular formula is C24H21N7.